The second-order valence-corrected chi connectivity index (χ2v) is 7.71. The number of carbonyl (C=O) groups excluding carboxylic acids is 1. The zero-order valence-corrected chi connectivity index (χ0v) is 16.4. The van der Waals surface area contributed by atoms with Crippen LogP contribution in [0.5, 0.6) is 0 Å². The summed E-state index contributed by atoms with van der Waals surface area (Å²) < 4.78 is 53.6. The highest BCUT2D eigenvalue weighted by Gasteiger charge is 2.30. The van der Waals surface area contributed by atoms with Crippen molar-refractivity contribution in [1.29, 1.82) is 0 Å². The van der Waals surface area contributed by atoms with Gasteiger partial charge in [-0.15, -0.1) is 11.3 Å². The minimum Gasteiger partial charge on any atom is -0.347 e. The molecule has 4 rings (SSSR count). The molecule has 0 atom stereocenters. The molecule has 154 valence electrons. The number of halogens is 4. The van der Waals surface area contributed by atoms with Crippen molar-refractivity contribution in [2.45, 2.75) is 19.6 Å². The second kappa shape index (κ2) is 7.56. The number of amides is 1. The van der Waals surface area contributed by atoms with Crippen molar-refractivity contribution in [3.63, 3.8) is 0 Å². The maximum absolute atomic E-state index is 13.1. The van der Waals surface area contributed by atoms with Gasteiger partial charge in [0.2, 0.25) is 0 Å². The van der Waals surface area contributed by atoms with Gasteiger partial charge in [-0.3, -0.25) is 4.79 Å². The van der Waals surface area contributed by atoms with E-state index in [2.05, 4.69) is 10.4 Å². The first-order valence-electron chi connectivity index (χ1n) is 8.92. The molecule has 4 nitrogen and oxygen atoms in total. The number of benzene rings is 2. The van der Waals surface area contributed by atoms with Gasteiger partial charge in [0.05, 0.1) is 21.8 Å². The number of alkyl halides is 3. The molecule has 2 aromatic carbocycles. The molecule has 0 saturated carbocycles. The van der Waals surface area contributed by atoms with Gasteiger partial charge in [-0.2, -0.15) is 18.3 Å². The summed E-state index contributed by atoms with van der Waals surface area (Å²) in [5, 5.41) is 7.80. The number of thiophene rings is 1. The first kappa shape index (κ1) is 20.1. The number of hydrogen-bond acceptors (Lipinski definition) is 3. The van der Waals surface area contributed by atoms with Crippen LogP contribution in [0.3, 0.4) is 0 Å². The van der Waals surface area contributed by atoms with Gasteiger partial charge in [-0.25, -0.2) is 9.07 Å². The Hall–Kier alpha value is -3.20. The van der Waals surface area contributed by atoms with E-state index in [-0.39, 0.29) is 24.0 Å². The Balaban J connectivity index is 1.62. The predicted molar refractivity (Wildman–Crippen MR) is 106 cm³/mol. The molecule has 0 saturated heterocycles. The van der Waals surface area contributed by atoms with Crippen LogP contribution >= 0.6 is 11.3 Å². The van der Waals surface area contributed by atoms with E-state index in [0.717, 1.165) is 29.0 Å². The number of carbonyl (C=O) groups is 1. The average Bonchev–Trinajstić information content (AvgIpc) is 3.27. The van der Waals surface area contributed by atoms with Gasteiger partial charge in [-0.05, 0) is 48.9 Å². The van der Waals surface area contributed by atoms with Gasteiger partial charge in [0.1, 0.15) is 10.6 Å². The van der Waals surface area contributed by atoms with E-state index in [1.165, 1.54) is 28.9 Å². The zero-order valence-electron chi connectivity index (χ0n) is 15.6. The van der Waals surface area contributed by atoms with Crippen molar-refractivity contribution in [2.24, 2.45) is 0 Å². The number of aryl methyl sites for hydroxylation is 1. The maximum Gasteiger partial charge on any atom is 0.416 e. The maximum atomic E-state index is 13.1. The summed E-state index contributed by atoms with van der Waals surface area (Å²) in [5.41, 5.74) is 0.853. The fourth-order valence-corrected chi connectivity index (χ4v) is 4.12. The Morgan fingerprint density at radius 1 is 1.13 bits per heavy atom. The fraction of sp³-hybridized carbons (Fsp3) is 0.143. The molecule has 0 aliphatic heterocycles. The lowest BCUT2D eigenvalue weighted by molar-refractivity contribution is -0.137. The number of nitrogens with zero attached hydrogens (tertiary/aromatic N) is 2. The van der Waals surface area contributed by atoms with Crippen LogP contribution in [-0.2, 0) is 12.7 Å². The molecule has 0 aliphatic rings. The van der Waals surface area contributed by atoms with Crippen molar-refractivity contribution in [3.8, 4) is 5.69 Å². The first-order valence-corrected chi connectivity index (χ1v) is 9.73. The molecular formula is C21H15F4N3OS. The van der Waals surface area contributed by atoms with Crippen LogP contribution in [0, 0.1) is 12.7 Å². The van der Waals surface area contributed by atoms with Gasteiger partial charge < -0.3 is 5.32 Å². The first-order chi connectivity index (χ1) is 14.2. The normalized spacial score (nSPS) is 11.8. The highest BCUT2D eigenvalue weighted by atomic mass is 32.1. The van der Waals surface area contributed by atoms with Crippen molar-refractivity contribution < 1.29 is 22.4 Å². The van der Waals surface area contributed by atoms with E-state index in [4.69, 9.17) is 0 Å². The van der Waals surface area contributed by atoms with Gasteiger partial charge in [0, 0.05) is 11.9 Å². The quantitative estimate of drug-likeness (QED) is 0.433. The van der Waals surface area contributed by atoms with E-state index < -0.39 is 11.7 Å². The molecule has 0 radical (unpaired) electrons. The lowest BCUT2D eigenvalue weighted by atomic mass is 10.2. The van der Waals surface area contributed by atoms with Gasteiger partial charge in [0.15, 0.2) is 0 Å². The molecule has 4 aromatic rings. The van der Waals surface area contributed by atoms with E-state index in [0.29, 0.717) is 20.8 Å². The van der Waals surface area contributed by atoms with Crippen molar-refractivity contribution in [2.75, 3.05) is 0 Å². The SMILES string of the molecule is Cc1nn(-c2cccc(C(F)(F)F)c2)c2sc(C(=O)NCc3ccc(F)cc3)cc12. The number of fused-ring (bicyclic) bond motifs is 1. The fourth-order valence-electron chi connectivity index (χ4n) is 3.02. The third-order valence-electron chi connectivity index (χ3n) is 4.55. The average molecular weight is 433 g/mol. The Morgan fingerprint density at radius 2 is 1.87 bits per heavy atom. The van der Waals surface area contributed by atoms with Crippen LogP contribution in [0.25, 0.3) is 15.9 Å². The second-order valence-electron chi connectivity index (χ2n) is 6.68. The van der Waals surface area contributed by atoms with Crippen LogP contribution < -0.4 is 5.32 Å². The lowest BCUT2D eigenvalue weighted by Gasteiger charge is -2.09. The third-order valence-corrected chi connectivity index (χ3v) is 5.66. The van der Waals surface area contributed by atoms with E-state index in [9.17, 15) is 22.4 Å². The van der Waals surface area contributed by atoms with Crippen molar-refractivity contribution in [1.82, 2.24) is 15.1 Å². The van der Waals surface area contributed by atoms with Crippen molar-refractivity contribution in [3.05, 3.63) is 82.1 Å². The monoisotopic (exact) mass is 433 g/mol. The molecule has 2 aromatic heterocycles. The predicted octanol–water partition coefficient (Wildman–Crippen LogP) is 5.48. The number of hydrogen-bond donors (Lipinski definition) is 1. The summed E-state index contributed by atoms with van der Waals surface area (Å²) in [4.78, 5) is 13.5. The van der Waals surface area contributed by atoms with E-state index >= 15 is 0 Å². The summed E-state index contributed by atoms with van der Waals surface area (Å²) in [5.74, 6) is -0.681. The Kier molecular flexibility index (Phi) is 5.07. The minimum atomic E-state index is -4.46. The van der Waals surface area contributed by atoms with Gasteiger partial charge in [0.25, 0.3) is 5.91 Å². The molecule has 0 aliphatic carbocycles. The van der Waals surface area contributed by atoms with Crippen LogP contribution in [-0.4, -0.2) is 15.7 Å². The molecule has 1 amide bonds. The molecule has 1 N–H and O–H groups in total. The molecule has 0 bridgehead atoms. The summed E-state index contributed by atoms with van der Waals surface area (Å²) in [6, 6.07) is 12.3. The van der Waals surface area contributed by atoms with Crippen LogP contribution in [0.4, 0.5) is 17.6 Å². The Bertz CT molecular complexity index is 1230. The van der Waals surface area contributed by atoms with Crippen LogP contribution in [0.1, 0.15) is 26.5 Å². The Labute approximate surface area is 172 Å². The van der Waals surface area contributed by atoms with Gasteiger partial charge >= 0.3 is 6.18 Å². The summed E-state index contributed by atoms with van der Waals surface area (Å²) >= 11 is 1.15. The summed E-state index contributed by atoms with van der Waals surface area (Å²) in [6.07, 6.45) is -4.46. The number of rotatable bonds is 4. The van der Waals surface area contributed by atoms with Crippen LogP contribution in [0.2, 0.25) is 0 Å². The minimum absolute atomic E-state index is 0.228. The molecule has 0 unspecified atom stereocenters. The molecular weight excluding hydrogens is 418 g/mol. The highest BCUT2D eigenvalue weighted by molar-refractivity contribution is 7.20. The molecule has 30 heavy (non-hydrogen) atoms. The molecule has 0 fully saturated rings. The highest BCUT2D eigenvalue weighted by Crippen LogP contribution is 2.33. The third kappa shape index (κ3) is 3.93. The topological polar surface area (TPSA) is 46.9 Å². The van der Waals surface area contributed by atoms with Crippen molar-refractivity contribution >= 4 is 27.5 Å². The van der Waals surface area contributed by atoms with E-state index in [1.807, 2.05) is 0 Å². The molecule has 2 heterocycles. The Morgan fingerprint density at radius 3 is 2.57 bits per heavy atom. The molecule has 0 spiro atoms. The van der Waals surface area contributed by atoms with Crippen LogP contribution in [0.15, 0.2) is 54.6 Å². The summed E-state index contributed by atoms with van der Waals surface area (Å²) in [6.45, 7) is 1.96. The smallest absolute Gasteiger partial charge is 0.347 e. The lowest BCUT2D eigenvalue weighted by Crippen LogP contribution is -2.21. The number of aromatic nitrogens is 2. The summed E-state index contributed by atoms with van der Waals surface area (Å²) in [7, 11) is 0. The molecule has 9 heteroatoms. The van der Waals surface area contributed by atoms with Gasteiger partial charge in [-0.1, -0.05) is 18.2 Å². The standard InChI is InChI=1S/C21H15F4N3OS/c1-12-17-10-18(19(29)26-11-13-5-7-15(22)8-6-13)30-20(17)28(27-12)16-4-2-3-14(9-16)21(23,24)25/h2-10H,11H2,1H3,(H,26,29). The largest absolute Gasteiger partial charge is 0.416 e. The zero-order chi connectivity index (χ0) is 21.5. The van der Waals surface area contributed by atoms with E-state index in [1.54, 1.807) is 25.1 Å². The number of nitrogens with one attached hydrogen (secondary N) is 1.